The Morgan fingerprint density at radius 3 is 1.21 bits per heavy atom. The van der Waals surface area contributed by atoms with Crippen molar-refractivity contribution in [3.8, 4) is 0 Å². The number of rotatable bonds is 7. The predicted octanol–water partition coefficient (Wildman–Crippen LogP) is 5.93. The van der Waals surface area contributed by atoms with E-state index in [9.17, 15) is 9.59 Å². The quantitative estimate of drug-likeness (QED) is 0.265. The van der Waals surface area contributed by atoms with E-state index in [4.69, 9.17) is 9.47 Å². The molecule has 0 aliphatic heterocycles. The third kappa shape index (κ3) is 5.69. The third-order valence-corrected chi connectivity index (χ3v) is 5.14. The van der Waals surface area contributed by atoms with Crippen molar-refractivity contribution in [2.45, 2.75) is 5.79 Å². The van der Waals surface area contributed by atoms with Crippen LogP contribution in [0.4, 0.5) is 0 Å². The minimum absolute atomic E-state index is 0.0752. The maximum atomic E-state index is 12.7. The summed E-state index contributed by atoms with van der Waals surface area (Å²) in [5.74, 6) is -1.54. The number of ether oxygens (including phenoxy) is 2. The molecule has 4 aromatic rings. The molecule has 0 N–H and O–H groups in total. The topological polar surface area (TPSA) is 52.6 Å². The van der Waals surface area contributed by atoms with Gasteiger partial charge in [-0.05, 0) is 0 Å². The van der Waals surface area contributed by atoms with Crippen LogP contribution in [0.25, 0.3) is 0 Å². The summed E-state index contributed by atoms with van der Waals surface area (Å²) >= 11 is 0. The Kier molecular flexibility index (Phi) is 8.42. The SMILES string of the molecule is COC(OC)(C(=O)c1ccccc1)c1ccccc1.O=C(c1ccccc1)c1ccccc1. The minimum Gasteiger partial charge on any atom is -0.343 e. The predicted molar refractivity (Wildman–Crippen MR) is 129 cm³/mol. The van der Waals surface area contributed by atoms with Gasteiger partial charge in [-0.1, -0.05) is 121 Å². The Labute approximate surface area is 194 Å². The Morgan fingerprint density at radius 1 is 0.515 bits per heavy atom. The average molecular weight is 439 g/mol. The molecule has 4 heteroatoms. The molecule has 0 saturated carbocycles. The van der Waals surface area contributed by atoms with Gasteiger partial charge in [-0.3, -0.25) is 9.59 Å². The van der Waals surface area contributed by atoms with E-state index in [0.29, 0.717) is 11.1 Å². The van der Waals surface area contributed by atoms with Gasteiger partial charge in [0.05, 0.1) is 0 Å². The highest BCUT2D eigenvalue weighted by Gasteiger charge is 2.41. The molecule has 0 aliphatic carbocycles. The number of hydrogen-bond donors (Lipinski definition) is 0. The first kappa shape index (κ1) is 23.8. The summed E-state index contributed by atoms with van der Waals surface area (Å²) in [5.41, 5.74) is 2.70. The van der Waals surface area contributed by atoms with Gasteiger partial charge in [0.2, 0.25) is 5.78 Å². The molecule has 0 fully saturated rings. The van der Waals surface area contributed by atoms with Crippen molar-refractivity contribution in [3.63, 3.8) is 0 Å². The van der Waals surface area contributed by atoms with Crippen molar-refractivity contribution in [2.75, 3.05) is 14.2 Å². The highest BCUT2D eigenvalue weighted by molar-refractivity contribution is 6.08. The van der Waals surface area contributed by atoms with Crippen molar-refractivity contribution < 1.29 is 19.1 Å². The monoisotopic (exact) mass is 438 g/mol. The van der Waals surface area contributed by atoms with E-state index in [0.717, 1.165) is 11.1 Å². The van der Waals surface area contributed by atoms with Crippen LogP contribution in [0.1, 0.15) is 31.8 Å². The van der Waals surface area contributed by atoms with Crippen molar-refractivity contribution >= 4 is 11.6 Å². The van der Waals surface area contributed by atoms with Gasteiger partial charge in [0.15, 0.2) is 5.78 Å². The van der Waals surface area contributed by atoms with Gasteiger partial charge in [-0.2, -0.15) is 0 Å². The largest absolute Gasteiger partial charge is 0.343 e. The number of Topliss-reactive ketones (excluding diaryl/α,β-unsaturated/α-hetero) is 1. The molecule has 4 aromatic carbocycles. The fraction of sp³-hybridized carbons (Fsp3) is 0.103. The Hall–Kier alpha value is -3.86. The fourth-order valence-electron chi connectivity index (χ4n) is 3.42. The van der Waals surface area contributed by atoms with Gasteiger partial charge in [-0.25, -0.2) is 0 Å². The van der Waals surface area contributed by atoms with Gasteiger partial charge < -0.3 is 9.47 Å². The third-order valence-electron chi connectivity index (χ3n) is 5.14. The lowest BCUT2D eigenvalue weighted by molar-refractivity contribution is -0.176. The molecule has 166 valence electrons. The molecule has 4 nitrogen and oxygen atoms in total. The molecule has 33 heavy (non-hydrogen) atoms. The lowest BCUT2D eigenvalue weighted by Gasteiger charge is -2.29. The van der Waals surface area contributed by atoms with Crippen LogP contribution in [0.15, 0.2) is 121 Å². The second-order valence-electron chi connectivity index (χ2n) is 7.15. The smallest absolute Gasteiger partial charge is 0.260 e. The van der Waals surface area contributed by atoms with Crippen molar-refractivity contribution in [1.82, 2.24) is 0 Å². The van der Waals surface area contributed by atoms with Crippen LogP contribution in [0.3, 0.4) is 0 Å². The van der Waals surface area contributed by atoms with E-state index in [2.05, 4.69) is 0 Å². The molecule has 0 aromatic heterocycles. The summed E-state index contributed by atoms with van der Waals surface area (Å²) in [6.45, 7) is 0. The Balaban J connectivity index is 0.000000194. The number of hydrogen-bond acceptors (Lipinski definition) is 4. The second-order valence-corrected chi connectivity index (χ2v) is 7.15. The molecule has 0 unspecified atom stereocenters. The molecule has 0 bridgehead atoms. The van der Waals surface area contributed by atoms with Crippen LogP contribution < -0.4 is 0 Å². The number of carbonyl (C=O) groups is 2. The zero-order chi connectivity index (χ0) is 23.5. The van der Waals surface area contributed by atoms with Crippen LogP contribution in [-0.4, -0.2) is 25.8 Å². The average Bonchev–Trinajstić information content (AvgIpc) is 2.92. The first-order valence-corrected chi connectivity index (χ1v) is 10.5. The van der Waals surface area contributed by atoms with E-state index in [1.54, 1.807) is 12.1 Å². The first-order chi connectivity index (χ1) is 16.1. The number of methoxy groups -OCH3 is 2. The van der Waals surface area contributed by atoms with Crippen LogP contribution in [0, 0.1) is 0 Å². The zero-order valence-electron chi connectivity index (χ0n) is 18.7. The first-order valence-electron chi connectivity index (χ1n) is 10.5. The number of benzene rings is 4. The van der Waals surface area contributed by atoms with Gasteiger partial charge in [-0.15, -0.1) is 0 Å². The molecule has 0 radical (unpaired) electrons. The van der Waals surface area contributed by atoms with Crippen molar-refractivity contribution in [2.24, 2.45) is 0 Å². The maximum absolute atomic E-state index is 12.7. The molecular formula is C29H26O4. The lowest BCUT2D eigenvalue weighted by Crippen LogP contribution is -2.39. The summed E-state index contributed by atoms with van der Waals surface area (Å²) in [7, 11) is 2.94. The lowest BCUT2D eigenvalue weighted by atomic mass is 9.96. The molecule has 0 saturated heterocycles. The van der Waals surface area contributed by atoms with E-state index in [1.165, 1.54) is 14.2 Å². The Morgan fingerprint density at radius 2 is 0.848 bits per heavy atom. The van der Waals surface area contributed by atoms with Gasteiger partial charge in [0, 0.05) is 36.5 Å². The molecule has 0 aliphatic rings. The number of ketones is 2. The van der Waals surface area contributed by atoms with E-state index >= 15 is 0 Å². The summed E-state index contributed by atoms with van der Waals surface area (Å²) < 4.78 is 10.8. The Bertz CT molecular complexity index is 1100. The van der Waals surface area contributed by atoms with Crippen LogP contribution in [0.2, 0.25) is 0 Å². The minimum atomic E-state index is -1.40. The fourth-order valence-corrected chi connectivity index (χ4v) is 3.42. The standard InChI is InChI=1S/C16H16O3.C13H10O/c1-18-16(19-2,14-11-7-4-8-12-14)15(17)13-9-5-3-6-10-13;14-13(11-7-3-1-4-8-11)12-9-5-2-6-10-12/h3-12H,1-2H3;1-10H. The molecule has 0 heterocycles. The van der Waals surface area contributed by atoms with E-state index in [1.807, 2.05) is 109 Å². The van der Waals surface area contributed by atoms with Crippen LogP contribution >= 0.6 is 0 Å². The second kappa shape index (κ2) is 11.7. The normalized spacial score (nSPS) is 10.6. The van der Waals surface area contributed by atoms with Crippen LogP contribution in [-0.2, 0) is 15.3 Å². The molecule has 4 rings (SSSR count). The van der Waals surface area contributed by atoms with E-state index < -0.39 is 5.79 Å². The zero-order valence-corrected chi connectivity index (χ0v) is 18.7. The molecule has 0 amide bonds. The summed E-state index contributed by atoms with van der Waals surface area (Å²) in [5, 5.41) is 0. The maximum Gasteiger partial charge on any atom is 0.260 e. The number of carbonyl (C=O) groups excluding carboxylic acids is 2. The van der Waals surface area contributed by atoms with Gasteiger partial charge >= 0.3 is 0 Å². The highest BCUT2D eigenvalue weighted by atomic mass is 16.7. The summed E-state index contributed by atoms with van der Waals surface area (Å²) in [4.78, 5) is 24.5. The van der Waals surface area contributed by atoms with Gasteiger partial charge in [0.25, 0.3) is 5.79 Å². The molecule has 0 spiro atoms. The highest BCUT2D eigenvalue weighted by Crippen LogP contribution is 2.30. The summed E-state index contributed by atoms with van der Waals surface area (Å²) in [6.07, 6.45) is 0. The van der Waals surface area contributed by atoms with Crippen molar-refractivity contribution in [1.29, 1.82) is 0 Å². The van der Waals surface area contributed by atoms with Gasteiger partial charge in [0.1, 0.15) is 0 Å². The molecular weight excluding hydrogens is 412 g/mol. The summed E-state index contributed by atoms with van der Waals surface area (Å²) in [6, 6.07) is 36.8. The van der Waals surface area contributed by atoms with Crippen molar-refractivity contribution in [3.05, 3.63) is 144 Å². The van der Waals surface area contributed by atoms with E-state index in [-0.39, 0.29) is 11.6 Å². The van der Waals surface area contributed by atoms with Crippen LogP contribution in [0.5, 0.6) is 0 Å². The molecule has 0 atom stereocenters.